The second-order valence-corrected chi connectivity index (χ2v) is 6.95. The van der Waals surface area contributed by atoms with Crippen LogP contribution in [-0.2, 0) is 20.0 Å². The summed E-state index contributed by atoms with van der Waals surface area (Å²) >= 11 is 0. The molecule has 0 aromatic rings. The first-order valence-corrected chi connectivity index (χ1v) is 8.11. The smallest absolute Gasteiger partial charge is 0.211 e. The van der Waals surface area contributed by atoms with Crippen LogP contribution in [0.25, 0.3) is 0 Å². The first kappa shape index (κ1) is 14.8. The predicted octanol–water partition coefficient (Wildman–Crippen LogP) is -0.615. The summed E-state index contributed by atoms with van der Waals surface area (Å²) < 4.78 is 45.8. The molecule has 0 aliphatic heterocycles. The Balaban J connectivity index is 3.76. The number of sulfonamides is 2. The molecule has 0 atom stereocenters. The Bertz CT molecular complexity index is 360. The van der Waals surface area contributed by atoms with Crippen LogP contribution < -0.4 is 9.86 Å². The van der Waals surface area contributed by atoms with Gasteiger partial charge in [-0.25, -0.2) is 26.7 Å². The normalized spacial score (nSPS) is 12.9. The zero-order valence-corrected chi connectivity index (χ0v) is 10.4. The van der Waals surface area contributed by atoms with Crippen molar-refractivity contribution in [1.82, 2.24) is 4.72 Å². The van der Waals surface area contributed by atoms with E-state index in [9.17, 15) is 16.8 Å². The van der Waals surface area contributed by atoms with Crippen molar-refractivity contribution in [3.63, 3.8) is 0 Å². The van der Waals surface area contributed by atoms with E-state index in [4.69, 9.17) is 5.14 Å². The van der Waals surface area contributed by atoms with Crippen molar-refractivity contribution in [1.29, 1.82) is 0 Å². The zero-order chi connectivity index (χ0) is 11.9. The monoisotopic (exact) mass is 258 g/mol. The molecule has 0 aliphatic carbocycles. The summed E-state index contributed by atoms with van der Waals surface area (Å²) in [6.07, 6.45) is 1.60. The highest BCUT2D eigenvalue weighted by Gasteiger charge is 2.09. The Hall–Kier alpha value is -0.180. The van der Waals surface area contributed by atoms with Gasteiger partial charge in [-0.1, -0.05) is 13.3 Å². The topological polar surface area (TPSA) is 106 Å². The van der Waals surface area contributed by atoms with Gasteiger partial charge in [0, 0.05) is 6.54 Å². The summed E-state index contributed by atoms with van der Waals surface area (Å²) in [5.74, 6) is -0.123. The van der Waals surface area contributed by atoms with Gasteiger partial charge in [-0.3, -0.25) is 0 Å². The number of nitrogens with one attached hydrogen (secondary N) is 1. The van der Waals surface area contributed by atoms with Crippen LogP contribution in [0, 0.1) is 0 Å². The lowest BCUT2D eigenvalue weighted by Gasteiger charge is -2.04. The Morgan fingerprint density at radius 2 is 1.67 bits per heavy atom. The van der Waals surface area contributed by atoms with E-state index in [1.165, 1.54) is 0 Å². The molecule has 3 N–H and O–H groups in total. The van der Waals surface area contributed by atoms with Gasteiger partial charge in [0.15, 0.2) is 0 Å². The standard InChI is InChI=1S/C7H18N2O4S2/c1-2-3-7-15(12,13)9-5-4-6-14(8,10)11/h9H,2-7H2,1H3,(H2,8,10,11). The second-order valence-electron chi connectivity index (χ2n) is 3.29. The lowest BCUT2D eigenvalue weighted by molar-refractivity contribution is 0.574. The molecule has 0 radical (unpaired) electrons. The van der Waals surface area contributed by atoms with Gasteiger partial charge in [-0.15, -0.1) is 0 Å². The third kappa shape index (κ3) is 10.1. The minimum atomic E-state index is -3.49. The summed E-state index contributed by atoms with van der Waals surface area (Å²) in [6.45, 7) is 2.01. The van der Waals surface area contributed by atoms with E-state index >= 15 is 0 Å². The molecule has 0 aromatic carbocycles. The van der Waals surface area contributed by atoms with E-state index in [-0.39, 0.29) is 24.5 Å². The van der Waals surface area contributed by atoms with Crippen LogP contribution in [0.2, 0.25) is 0 Å². The summed E-state index contributed by atoms with van der Waals surface area (Å²) in [5.41, 5.74) is 0. The molecule has 0 unspecified atom stereocenters. The number of nitrogens with two attached hydrogens (primary N) is 1. The summed E-state index contributed by atoms with van der Waals surface area (Å²) in [7, 11) is -6.74. The highest BCUT2D eigenvalue weighted by Crippen LogP contribution is 1.94. The number of unbranched alkanes of at least 4 members (excludes halogenated alkanes) is 1. The van der Waals surface area contributed by atoms with Crippen molar-refractivity contribution >= 4 is 20.0 Å². The number of hydrogen-bond donors (Lipinski definition) is 2. The molecule has 0 saturated carbocycles. The maximum absolute atomic E-state index is 11.2. The predicted molar refractivity (Wildman–Crippen MR) is 59.3 cm³/mol. The first-order valence-electron chi connectivity index (χ1n) is 4.74. The third-order valence-electron chi connectivity index (χ3n) is 1.69. The van der Waals surface area contributed by atoms with Gasteiger partial charge in [-0.05, 0) is 12.8 Å². The van der Waals surface area contributed by atoms with Crippen LogP contribution in [0.4, 0.5) is 0 Å². The van der Waals surface area contributed by atoms with Gasteiger partial charge in [0.2, 0.25) is 20.0 Å². The highest BCUT2D eigenvalue weighted by molar-refractivity contribution is 7.89. The molecule has 15 heavy (non-hydrogen) atoms. The van der Waals surface area contributed by atoms with Crippen molar-refractivity contribution in [2.45, 2.75) is 26.2 Å². The number of primary sulfonamides is 1. The Morgan fingerprint density at radius 1 is 1.07 bits per heavy atom. The quantitative estimate of drug-likeness (QED) is 0.566. The lowest BCUT2D eigenvalue weighted by atomic mass is 10.4. The van der Waals surface area contributed by atoms with E-state index in [1.54, 1.807) is 0 Å². The molecule has 92 valence electrons. The molecule has 0 aliphatic rings. The SMILES string of the molecule is CCCCS(=O)(=O)NCCCS(N)(=O)=O. The lowest BCUT2D eigenvalue weighted by Crippen LogP contribution is -2.29. The van der Waals surface area contributed by atoms with Crippen molar-refractivity contribution < 1.29 is 16.8 Å². The second kappa shape index (κ2) is 6.41. The van der Waals surface area contributed by atoms with E-state index < -0.39 is 20.0 Å². The van der Waals surface area contributed by atoms with Crippen molar-refractivity contribution in [2.75, 3.05) is 18.1 Å². The molecule has 6 nitrogen and oxygen atoms in total. The minimum Gasteiger partial charge on any atom is -0.229 e. The van der Waals surface area contributed by atoms with Gasteiger partial charge in [0.1, 0.15) is 0 Å². The average Bonchev–Trinajstić information content (AvgIpc) is 2.08. The fraction of sp³-hybridized carbons (Fsp3) is 1.00. The van der Waals surface area contributed by atoms with Crippen LogP contribution in [0.5, 0.6) is 0 Å². The number of hydrogen-bond acceptors (Lipinski definition) is 4. The molecule has 0 bridgehead atoms. The maximum Gasteiger partial charge on any atom is 0.211 e. The van der Waals surface area contributed by atoms with Crippen molar-refractivity contribution in [2.24, 2.45) is 5.14 Å². The van der Waals surface area contributed by atoms with Crippen molar-refractivity contribution in [3.05, 3.63) is 0 Å². The minimum absolute atomic E-state index is 0.0822. The van der Waals surface area contributed by atoms with Crippen LogP contribution in [-0.4, -0.2) is 34.9 Å². The fourth-order valence-corrected chi connectivity index (χ4v) is 2.72. The molecule has 8 heteroatoms. The molecular weight excluding hydrogens is 240 g/mol. The third-order valence-corrected chi connectivity index (χ3v) is 4.02. The van der Waals surface area contributed by atoms with E-state index in [1.807, 2.05) is 6.92 Å². The van der Waals surface area contributed by atoms with Crippen molar-refractivity contribution in [3.8, 4) is 0 Å². The van der Waals surface area contributed by atoms with Crippen LogP contribution >= 0.6 is 0 Å². The molecule has 0 aromatic heterocycles. The van der Waals surface area contributed by atoms with E-state index in [0.717, 1.165) is 6.42 Å². The summed E-state index contributed by atoms with van der Waals surface area (Å²) in [4.78, 5) is 0. The highest BCUT2D eigenvalue weighted by atomic mass is 32.2. The molecule has 0 spiro atoms. The molecule has 0 amide bonds. The molecule has 0 saturated heterocycles. The van der Waals surface area contributed by atoms with Crippen LogP contribution in [0.1, 0.15) is 26.2 Å². The van der Waals surface area contributed by atoms with Gasteiger partial charge >= 0.3 is 0 Å². The van der Waals surface area contributed by atoms with Gasteiger partial charge in [0.05, 0.1) is 11.5 Å². The molecule has 0 heterocycles. The van der Waals surface area contributed by atoms with Gasteiger partial charge in [-0.2, -0.15) is 0 Å². The molecular formula is C7H18N2O4S2. The zero-order valence-electron chi connectivity index (χ0n) is 8.77. The first-order chi connectivity index (χ1) is 6.77. The average molecular weight is 258 g/mol. The summed E-state index contributed by atoms with van der Waals surface area (Å²) in [5, 5.41) is 4.76. The Kier molecular flexibility index (Phi) is 6.34. The van der Waals surface area contributed by atoms with Gasteiger partial charge < -0.3 is 0 Å². The van der Waals surface area contributed by atoms with E-state index in [0.29, 0.717) is 6.42 Å². The number of rotatable bonds is 8. The maximum atomic E-state index is 11.2. The largest absolute Gasteiger partial charge is 0.229 e. The Labute approximate surface area is 91.3 Å². The molecule has 0 fully saturated rings. The van der Waals surface area contributed by atoms with Crippen LogP contribution in [0.3, 0.4) is 0 Å². The summed E-state index contributed by atoms with van der Waals surface area (Å²) in [6, 6.07) is 0. The van der Waals surface area contributed by atoms with Gasteiger partial charge in [0.25, 0.3) is 0 Å². The molecule has 0 rings (SSSR count). The Morgan fingerprint density at radius 3 is 2.13 bits per heavy atom. The van der Waals surface area contributed by atoms with Crippen LogP contribution in [0.15, 0.2) is 0 Å². The van der Waals surface area contributed by atoms with E-state index in [2.05, 4.69) is 4.72 Å². The fourth-order valence-electron chi connectivity index (χ4n) is 0.908.